The second-order valence-corrected chi connectivity index (χ2v) is 1.58. The summed E-state index contributed by atoms with van der Waals surface area (Å²) in [5, 5.41) is 0. The van der Waals surface area contributed by atoms with Crippen LogP contribution in [0.2, 0.25) is 0 Å². The standard InChI is InChI=1S/C4H8N6/c5-9-3-1-4(10-6)8-2-7-3/h1-2H,5-6H2,(H2,7,8,9,10). The second-order valence-electron chi connectivity index (χ2n) is 1.58. The molecule has 1 aromatic heterocycles. The Morgan fingerprint density at radius 3 is 2.00 bits per heavy atom. The van der Waals surface area contributed by atoms with Crippen LogP contribution < -0.4 is 22.5 Å². The summed E-state index contributed by atoms with van der Waals surface area (Å²) in [5.41, 5.74) is 4.71. The molecule has 0 saturated carbocycles. The first kappa shape index (κ1) is 6.72. The maximum absolute atomic E-state index is 5.06. The van der Waals surface area contributed by atoms with E-state index >= 15 is 0 Å². The topological polar surface area (TPSA) is 102 Å². The SMILES string of the molecule is NNc1cc(NN)ncn1. The van der Waals surface area contributed by atoms with Crippen LogP contribution in [0.4, 0.5) is 11.6 Å². The molecule has 0 amide bonds. The lowest BCUT2D eigenvalue weighted by molar-refractivity contribution is 1.12. The summed E-state index contributed by atoms with van der Waals surface area (Å²) in [5.74, 6) is 11.2. The number of hydrogen-bond acceptors (Lipinski definition) is 6. The summed E-state index contributed by atoms with van der Waals surface area (Å²) in [7, 11) is 0. The highest BCUT2D eigenvalue weighted by Crippen LogP contribution is 2.03. The van der Waals surface area contributed by atoms with Crippen LogP contribution in [0, 0.1) is 0 Å². The number of nitrogen functional groups attached to an aromatic ring is 2. The van der Waals surface area contributed by atoms with Gasteiger partial charge in [0.25, 0.3) is 0 Å². The van der Waals surface area contributed by atoms with E-state index in [1.54, 1.807) is 6.07 Å². The van der Waals surface area contributed by atoms with E-state index in [9.17, 15) is 0 Å². The molecule has 1 aromatic rings. The van der Waals surface area contributed by atoms with Gasteiger partial charge in [-0.05, 0) is 0 Å². The molecular weight excluding hydrogens is 132 g/mol. The lowest BCUT2D eigenvalue weighted by Crippen LogP contribution is -2.12. The quantitative estimate of drug-likeness (QED) is 0.312. The number of aromatic nitrogens is 2. The van der Waals surface area contributed by atoms with E-state index in [-0.39, 0.29) is 0 Å². The Bertz CT molecular complexity index is 191. The minimum absolute atomic E-state index is 0.517. The van der Waals surface area contributed by atoms with Gasteiger partial charge in [-0.15, -0.1) is 0 Å². The van der Waals surface area contributed by atoms with E-state index in [1.165, 1.54) is 6.33 Å². The number of nitrogens with zero attached hydrogens (tertiary/aromatic N) is 2. The van der Waals surface area contributed by atoms with Crippen LogP contribution in [0.15, 0.2) is 12.4 Å². The zero-order valence-electron chi connectivity index (χ0n) is 5.20. The van der Waals surface area contributed by atoms with E-state index in [0.29, 0.717) is 11.6 Å². The molecule has 0 aromatic carbocycles. The second kappa shape index (κ2) is 2.95. The van der Waals surface area contributed by atoms with E-state index in [2.05, 4.69) is 20.8 Å². The van der Waals surface area contributed by atoms with Crippen LogP contribution in [0.3, 0.4) is 0 Å². The first-order valence-electron chi connectivity index (χ1n) is 2.62. The van der Waals surface area contributed by atoms with Crippen molar-refractivity contribution in [3.05, 3.63) is 12.4 Å². The molecule has 0 aliphatic carbocycles. The Labute approximate surface area is 57.6 Å². The molecule has 6 nitrogen and oxygen atoms in total. The Kier molecular flexibility index (Phi) is 1.98. The zero-order valence-corrected chi connectivity index (χ0v) is 5.20. The summed E-state index contributed by atoms with van der Waals surface area (Å²) in [6.07, 6.45) is 1.35. The minimum Gasteiger partial charge on any atom is -0.308 e. The third-order valence-corrected chi connectivity index (χ3v) is 0.963. The number of anilines is 2. The molecule has 6 N–H and O–H groups in total. The molecule has 0 fully saturated rings. The lowest BCUT2D eigenvalue weighted by atomic mass is 10.5. The molecular formula is C4H8N6. The molecule has 0 aliphatic heterocycles. The van der Waals surface area contributed by atoms with E-state index in [4.69, 9.17) is 11.7 Å². The van der Waals surface area contributed by atoms with Crippen LogP contribution >= 0.6 is 0 Å². The first-order chi connectivity index (χ1) is 4.86. The monoisotopic (exact) mass is 140 g/mol. The number of rotatable bonds is 2. The summed E-state index contributed by atoms with van der Waals surface area (Å²) < 4.78 is 0. The zero-order chi connectivity index (χ0) is 7.40. The van der Waals surface area contributed by atoms with Gasteiger partial charge in [-0.1, -0.05) is 0 Å². The number of nitrogens with one attached hydrogen (secondary N) is 2. The fourth-order valence-electron chi connectivity index (χ4n) is 0.515. The van der Waals surface area contributed by atoms with E-state index < -0.39 is 0 Å². The Balaban J connectivity index is 2.87. The van der Waals surface area contributed by atoms with Crippen molar-refractivity contribution >= 4 is 11.6 Å². The molecule has 0 bridgehead atoms. The van der Waals surface area contributed by atoms with E-state index in [0.717, 1.165) is 0 Å². The maximum atomic E-state index is 5.06. The van der Waals surface area contributed by atoms with Crippen LogP contribution in [0.25, 0.3) is 0 Å². The van der Waals surface area contributed by atoms with Gasteiger partial charge in [0.1, 0.15) is 18.0 Å². The van der Waals surface area contributed by atoms with Crippen molar-refractivity contribution in [1.29, 1.82) is 0 Å². The van der Waals surface area contributed by atoms with Gasteiger partial charge in [0.15, 0.2) is 0 Å². The number of nitrogens with two attached hydrogens (primary N) is 2. The van der Waals surface area contributed by atoms with Crippen molar-refractivity contribution in [1.82, 2.24) is 9.97 Å². The molecule has 0 atom stereocenters. The maximum Gasteiger partial charge on any atom is 0.145 e. The van der Waals surface area contributed by atoms with Crippen molar-refractivity contribution in [2.75, 3.05) is 10.9 Å². The van der Waals surface area contributed by atoms with Gasteiger partial charge in [0.05, 0.1) is 0 Å². The van der Waals surface area contributed by atoms with Gasteiger partial charge in [-0.25, -0.2) is 21.7 Å². The van der Waals surface area contributed by atoms with Gasteiger partial charge in [-0.3, -0.25) is 0 Å². The van der Waals surface area contributed by atoms with E-state index in [1.807, 2.05) is 0 Å². The summed E-state index contributed by atoms with van der Waals surface area (Å²) in [6.45, 7) is 0. The molecule has 1 rings (SSSR count). The fraction of sp³-hybridized carbons (Fsp3) is 0. The third-order valence-electron chi connectivity index (χ3n) is 0.963. The molecule has 10 heavy (non-hydrogen) atoms. The van der Waals surface area contributed by atoms with Crippen LogP contribution in [0.5, 0.6) is 0 Å². The highest BCUT2D eigenvalue weighted by molar-refractivity contribution is 5.44. The molecule has 0 saturated heterocycles. The lowest BCUT2D eigenvalue weighted by Gasteiger charge is -1.99. The van der Waals surface area contributed by atoms with Crippen LogP contribution in [-0.4, -0.2) is 9.97 Å². The highest BCUT2D eigenvalue weighted by Gasteiger charge is 1.91. The molecule has 1 heterocycles. The minimum atomic E-state index is 0.517. The molecule has 0 unspecified atom stereocenters. The molecule has 0 spiro atoms. The number of hydrogen-bond donors (Lipinski definition) is 4. The van der Waals surface area contributed by atoms with Crippen molar-refractivity contribution in [2.45, 2.75) is 0 Å². The van der Waals surface area contributed by atoms with Crippen LogP contribution in [0.1, 0.15) is 0 Å². The third kappa shape index (κ3) is 1.30. The highest BCUT2D eigenvalue weighted by atomic mass is 15.3. The summed E-state index contributed by atoms with van der Waals surface area (Å²) in [6, 6.07) is 1.58. The molecule has 0 aliphatic rings. The predicted molar refractivity (Wildman–Crippen MR) is 37.7 cm³/mol. The number of hydrazine groups is 2. The normalized spacial score (nSPS) is 9.00. The predicted octanol–water partition coefficient (Wildman–Crippen LogP) is -0.952. The Morgan fingerprint density at radius 2 is 1.60 bits per heavy atom. The van der Waals surface area contributed by atoms with Crippen molar-refractivity contribution < 1.29 is 0 Å². The van der Waals surface area contributed by atoms with Crippen molar-refractivity contribution in [3.63, 3.8) is 0 Å². The average molecular weight is 140 g/mol. The van der Waals surface area contributed by atoms with Gasteiger partial charge in [0, 0.05) is 6.07 Å². The molecule has 6 heteroatoms. The Morgan fingerprint density at radius 1 is 1.10 bits per heavy atom. The summed E-state index contributed by atoms with van der Waals surface area (Å²) >= 11 is 0. The van der Waals surface area contributed by atoms with Gasteiger partial charge >= 0.3 is 0 Å². The van der Waals surface area contributed by atoms with Crippen LogP contribution in [-0.2, 0) is 0 Å². The van der Waals surface area contributed by atoms with Gasteiger partial charge < -0.3 is 10.9 Å². The Hall–Kier alpha value is -1.40. The van der Waals surface area contributed by atoms with Crippen molar-refractivity contribution in [2.24, 2.45) is 11.7 Å². The largest absolute Gasteiger partial charge is 0.308 e. The molecule has 0 radical (unpaired) electrons. The molecule has 54 valence electrons. The first-order valence-corrected chi connectivity index (χ1v) is 2.62. The average Bonchev–Trinajstić information content (AvgIpc) is 2.05. The fourth-order valence-corrected chi connectivity index (χ4v) is 0.515. The van der Waals surface area contributed by atoms with Gasteiger partial charge in [0.2, 0.25) is 0 Å². The smallest absolute Gasteiger partial charge is 0.145 e. The van der Waals surface area contributed by atoms with Gasteiger partial charge in [-0.2, -0.15) is 0 Å². The summed E-state index contributed by atoms with van der Waals surface area (Å²) in [4.78, 5) is 7.53. The van der Waals surface area contributed by atoms with Crippen molar-refractivity contribution in [3.8, 4) is 0 Å².